The molecule has 2 aliphatic rings. The van der Waals surface area contributed by atoms with Gasteiger partial charge >= 0.3 is 12.5 Å². The fourth-order valence-electron chi connectivity index (χ4n) is 3.60. The number of halogens is 9. The van der Waals surface area contributed by atoms with E-state index in [9.17, 15) is 39.5 Å². The van der Waals surface area contributed by atoms with Gasteiger partial charge in [-0.3, -0.25) is 4.74 Å². The smallest absolute Gasteiger partial charge is 0.317 e. The Kier molecular flexibility index (Phi) is 6.42. The van der Waals surface area contributed by atoms with E-state index in [0.717, 1.165) is 0 Å². The second kappa shape index (κ2) is 7.73. The molecule has 2 rings (SSSR count). The molecular weight excluding hydrogens is 383 g/mol. The van der Waals surface area contributed by atoms with Gasteiger partial charge in [0.1, 0.15) is 36.7 Å². The average Bonchev–Trinajstić information content (AvgIpc) is 2.39. The second-order valence-electron chi connectivity index (χ2n) is 6.97. The lowest BCUT2D eigenvalue weighted by Crippen LogP contribution is -2.52. The Morgan fingerprint density at radius 1 is 0.692 bits per heavy atom. The van der Waals surface area contributed by atoms with Crippen LogP contribution in [0, 0.1) is 11.8 Å². The van der Waals surface area contributed by atoms with E-state index in [4.69, 9.17) is 0 Å². The van der Waals surface area contributed by atoms with Gasteiger partial charge in [0.2, 0.25) is 0 Å². The molecule has 2 aliphatic carbocycles. The summed E-state index contributed by atoms with van der Waals surface area (Å²) in [7, 11) is 0. The van der Waals surface area contributed by atoms with E-state index in [2.05, 4.69) is 9.47 Å². The lowest BCUT2D eigenvalue weighted by atomic mass is 9.79. The van der Waals surface area contributed by atoms with Crippen molar-refractivity contribution >= 4 is 0 Å². The lowest BCUT2D eigenvalue weighted by Gasteiger charge is -2.40. The van der Waals surface area contributed by atoms with Crippen LogP contribution in [0.2, 0.25) is 0 Å². The molecule has 2 saturated carbocycles. The van der Waals surface area contributed by atoms with Crippen LogP contribution in [0.25, 0.3) is 0 Å². The molecule has 26 heavy (non-hydrogen) atoms. The highest BCUT2D eigenvalue weighted by Gasteiger charge is 2.56. The number of hydrogen-bond donors (Lipinski definition) is 0. The van der Waals surface area contributed by atoms with E-state index in [1.54, 1.807) is 0 Å². The molecule has 0 radical (unpaired) electrons. The first-order chi connectivity index (χ1) is 11.8. The van der Waals surface area contributed by atoms with Crippen LogP contribution in [0.4, 0.5) is 39.5 Å². The molecule has 2 nitrogen and oxygen atoms in total. The highest BCUT2D eigenvalue weighted by Crippen LogP contribution is 2.45. The van der Waals surface area contributed by atoms with Crippen molar-refractivity contribution in [3.63, 3.8) is 0 Å². The maximum atomic E-state index is 14.2. The SMILES string of the molecule is CC1CC(F)C(C(F)(F)OC2CC(F)C(OC(F)(F)F)C(F)C2)C(F)C1. The van der Waals surface area contributed by atoms with Gasteiger partial charge in [0.25, 0.3) is 0 Å². The molecule has 0 heterocycles. The third-order valence-electron chi connectivity index (χ3n) is 4.71. The van der Waals surface area contributed by atoms with Crippen LogP contribution in [-0.4, -0.2) is 49.4 Å². The first-order valence-electron chi connectivity index (χ1n) is 8.16. The lowest BCUT2D eigenvalue weighted by molar-refractivity contribution is -0.366. The quantitative estimate of drug-likeness (QED) is 0.612. The van der Waals surface area contributed by atoms with E-state index < -0.39 is 74.0 Å². The topological polar surface area (TPSA) is 18.5 Å². The molecule has 0 aromatic heterocycles. The minimum Gasteiger partial charge on any atom is -0.317 e. The zero-order chi connectivity index (χ0) is 19.9. The molecule has 11 heteroatoms. The Morgan fingerprint density at radius 2 is 1.15 bits per heavy atom. The molecule has 0 amide bonds. The first kappa shape index (κ1) is 21.6. The molecule has 0 aromatic rings. The fourth-order valence-corrected chi connectivity index (χ4v) is 3.60. The first-order valence-corrected chi connectivity index (χ1v) is 8.16. The average molecular weight is 402 g/mol. The largest absolute Gasteiger partial charge is 0.522 e. The minimum absolute atomic E-state index is 0.312. The summed E-state index contributed by atoms with van der Waals surface area (Å²) in [6, 6.07) is 0. The van der Waals surface area contributed by atoms with E-state index in [-0.39, 0.29) is 12.8 Å². The molecule has 0 spiro atoms. The van der Waals surface area contributed by atoms with Crippen LogP contribution < -0.4 is 0 Å². The standard InChI is InChI=1S/C15H19F9O2/c1-6-2-8(16)12(9(17)3-6)14(20,21)25-7-4-10(18)13(11(19)5-7)26-15(22,23)24/h6-13H,2-5H2,1H3. The van der Waals surface area contributed by atoms with Gasteiger partial charge in [0.15, 0.2) is 0 Å². The van der Waals surface area contributed by atoms with Crippen LogP contribution in [-0.2, 0) is 9.47 Å². The van der Waals surface area contributed by atoms with E-state index in [1.807, 2.05) is 0 Å². The molecule has 0 aliphatic heterocycles. The summed E-state index contributed by atoms with van der Waals surface area (Å²) in [4.78, 5) is 0. The Bertz CT molecular complexity index is 449. The van der Waals surface area contributed by atoms with Gasteiger partial charge in [-0.2, -0.15) is 8.78 Å². The van der Waals surface area contributed by atoms with Crippen LogP contribution >= 0.6 is 0 Å². The summed E-state index contributed by atoms with van der Waals surface area (Å²) in [6.07, 6.45) is -26.1. The van der Waals surface area contributed by atoms with Crippen molar-refractivity contribution < 1.29 is 49.0 Å². The van der Waals surface area contributed by atoms with Gasteiger partial charge in [-0.1, -0.05) is 6.92 Å². The molecule has 0 bridgehead atoms. The summed E-state index contributed by atoms with van der Waals surface area (Å²) < 4.78 is 128. The van der Waals surface area contributed by atoms with E-state index >= 15 is 0 Å². The summed E-state index contributed by atoms with van der Waals surface area (Å²) in [5.41, 5.74) is 0. The Balaban J connectivity index is 2.02. The van der Waals surface area contributed by atoms with Crippen molar-refractivity contribution in [3.8, 4) is 0 Å². The third-order valence-corrected chi connectivity index (χ3v) is 4.71. The summed E-state index contributed by atoms with van der Waals surface area (Å²) in [6.45, 7) is 1.50. The molecule has 0 aromatic carbocycles. The molecule has 0 saturated heterocycles. The van der Waals surface area contributed by atoms with Crippen molar-refractivity contribution in [2.75, 3.05) is 0 Å². The van der Waals surface area contributed by atoms with Crippen LogP contribution in [0.1, 0.15) is 32.6 Å². The molecular formula is C15H19F9O2. The molecule has 2 fully saturated rings. The van der Waals surface area contributed by atoms with Crippen LogP contribution in [0.15, 0.2) is 0 Å². The Labute approximate surface area is 144 Å². The number of alkyl halides is 9. The minimum atomic E-state index is -5.29. The number of hydrogen-bond acceptors (Lipinski definition) is 2. The highest BCUT2D eigenvalue weighted by molar-refractivity contribution is 4.93. The Hall–Kier alpha value is -0.710. The van der Waals surface area contributed by atoms with Gasteiger partial charge in [0, 0.05) is 12.8 Å². The number of ether oxygens (including phenoxy) is 2. The molecule has 0 N–H and O–H groups in total. The van der Waals surface area contributed by atoms with Gasteiger partial charge in [0.05, 0.1) is 6.10 Å². The van der Waals surface area contributed by atoms with Crippen molar-refractivity contribution in [3.05, 3.63) is 0 Å². The fraction of sp³-hybridized carbons (Fsp3) is 1.00. The second-order valence-corrected chi connectivity index (χ2v) is 6.97. The van der Waals surface area contributed by atoms with Gasteiger partial charge < -0.3 is 4.74 Å². The van der Waals surface area contributed by atoms with Crippen molar-refractivity contribution in [1.82, 2.24) is 0 Å². The monoisotopic (exact) mass is 402 g/mol. The van der Waals surface area contributed by atoms with E-state index in [0.29, 0.717) is 0 Å². The Morgan fingerprint density at radius 3 is 1.58 bits per heavy atom. The van der Waals surface area contributed by atoms with Crippen molar-refractivity contribution in [2.45, 2.75) is 82.0 Å². The maximum Gasteiger partial charge on any atom is 0.522 e. The molecule has 4 unspecified atom stereocenters. The maximum absolute atomic E-state index is 14.2. The third kappa shape index (κ3) is 5.17. The molecule has 154 valence electrons. The van der Waals surface area contributed by atoms with Gasteiger partial charge in [-0.05, 0) is 18.8 Å². The predicted molar refractivity (Wildman–Crippen MR) is 71.5 cm³/mol. The van der Waals surface area contributed by atoms with Gasteiger partial charge in [-0.15, -0.1) is 13.2 Å². The van der Waals surface area contributed by atoms with Gasteiger partial charge in [-0.25, -0.2) is 17.6 Å². The van der Waals surface area contributed by atoms with E-state index in [1.165, 1.54) is 6.92 Å². The zero-order valence-corrected chi connectivity index (χ0v) is 13.7. The van der Waals surface area contributed by atoms with Crippen LogP contribution in [0.3, 0.4) is 0 Å². The highest BCUT2D eigenvalue weighted by atomic mass is 19.4. The normalized spacial score (nSPS) is 42.7. The van der Waals surface area contributed by atoms with Crippen LogP contribution in [0.5, 0.6) is 0 Å². The number of rotatable bonds is 4. The summed E-state index contributed by atoms with van der Waals surface area (Å²) in [5, 5.41) is 0. The zero-order valence-electron chi connectivity index (χ0n) is 13.7. The summed E-state index contributed by atoms with van der Waals surface area (Å²) in [5.74, 6) is -2.88. The molecule has 4 atom stereocenters. The van der Waals surface area contributed by atoms with Crippen molar-refractivity contribution in [1.29, 1.82) is 0 Å². The van der Waals surface area contributed by atoms with Crippen molar-refractivity contribution in [2.24, 2.45) is 11.8 Å². The summed E-state index contributed by atoms with van der Waals surface area (Å²) >= 11 is 0. The predicted octanol–water partition coefficient (Wildman–Crippen LogP) is 5.06.